The minimum Gasteiger partial charge on any atom is -0.471 e. The Morgan fingerprint density at radius 2 is 2.22 bits per heavy atom. The van der Waals surface area contributed by atoms with E-state index >= 15 is 0 Å². The van der Waals surface area contributed by atoms with Gasteiger partial charge in [-0.1, -0.05) is 6.58 Å². The lowest BCUT2D eigenvalue weighted by molar-refractivity contribution is -0.127. The number of ether oxygens (including phenoxy) is 1. The predicted molar refractivity (Wildman–Crippen MR) is 98.1 cm³/mol. The molecule has 5 heterocycles. The van der Waals surface area contributed by atoms with Gasteiger partial charge in [-0.2, -0.15) is 10.2 Å². The molecular formula is C19H20N6O2. The summed E-state index contributed by atoms with van der Waals surface area (Å²) in [4.78, 5) is 18.9. The Kier molecular flexibility index (Phi) is 3.53. The van der Waals surface area contributed by atoms with Crippen molar-refractivity contribution in [3.8, 4) is 17.1 Å². The van der Waals surface area contributed by atoms with Gasteiger partial charge in [0.15, 0.2) is 0 Å². The van der Waals surface area contributed by atoms with Gasteiger partial charge in [0.05, 0.1) is 30.3 Å². The molecule has 8 nitrogen and oxygen atoms in total. The standard InChI is InChI=1S/C19H20N6O2/c1-3-18(26)25-13-4-5-15(25)17(8-13)27-19-16-6-7-20-24(16)11-14(22-19)12-9-21-23(2)10-12/h3,6-7,9-11,13,15,17H,1,4-5,8H2,2H3/t13?,15?,17-/m1/s1. The summed E-state index contributed by atoms with van der Waals surface area (Å²) in [7, 11) is 1.87. The Balaban J connectivity index is 1.49. The average molecular weight is 364 g/mol. The van der Waals surface area contributed by atoms with E-state index in [1.807, 2.05) is 30.4 Å². The summed E-state index contributed by atoms with van der Waals surface area (Å²) in [5, 5.41) is 8.56. The number of rotatable bonds is 4. The van der Waals surface area contributed by atoms with Crippen LogP contribution in [0.15, 0.2) is 43.5 Å². The Morgan fingerprint density at radius 3 is 3.00 bits per heavy atom. The van der Waals surface area contributed by atoms with Crippen molar-refractivity contribution in [3.05, 3.63) is 43.5 Å². The normalized spacial score (nSPS) is 23.9. The summed E-state index contributed by atoms with van der Waals surface area (Å²) < 4.78 is 9.85. The summed E-state index contributed by atoms with van der Waals surface area (Å²) in [6.07, 6.45) is 11.4. The van der Waals surface area contributed by atoms with Crippen molar-refractivity contribution in [1.82, 2.24) is 29.3 Å². The van der Waals surface area contributed by atoms with Crippen LogP contribution in [0.4, 0.5) is 0 Å². The third-order valence-corrected chi connectivity index (χ3v) is 5.53. The van der Waals surface area contributed by atoms with E-state index in [0.29, 0.717) is 5.88 Å². The highest BCUT2D eigenvalue weighted by atomic mass is 16.5. The molecule has 0 aliphatic carbocycles. The quantitative estimate of drug-likeness (QED) is 0.660. The molecule has 2 bridgehead atoms. The fourth-order valence-corrected chi connectivity index (χ4v) is 4.33. The van der Waals surface area contributed by atoms with E-state index in [2.05, 4.69) is 16.8 Å². The molecule has 5 rings (SSSR count). The van der Waals surface area contributed by atoms with E-state index in [1.165, 1.54) is 6.08 Å². The second-order valence-corrected chi connectivity index (χ2v) is 7.14. The van der Waals surface area contributed by atoms with Gasteiger partial charge in [0.1, 0.15) is 11.6 Å². The highest BCUT2D eigenvalue weighted by molar-refractivity contribution is 5.88. The highest BCUT2D eigenvalue weighted by Gasteiger charge is 2.49. The van der Waals surface area contributed by atoms with Gasteiger partial charge in [-0.25, -0.2) is 9.50 Å². The van der Waals surface area contributed by atoms with Gasteiger partial charge in [0.2, 0.25) is 11.8 Å². The van der Waals surface area contributed by atoms with Crippen LogP contribution in [-0.2, 0) is 11.8 Å². The van der Waals surface area contributed by atoms with E-state index in [-0.39, 0.29) is 24.1 Å². The number of amides is 1. The summed E-state index contributed by atoms with van der Waals surface area (Å²) in [6, 6.07) is 2.19. The Morgan fingerprint density at radius 1 is 1.33 bits per heavy atom. The Bertz CT molecular complexity index is 1040. The number of fused-ring (bicyclic) bond motifs is 3. The fraction of sp³-hybridized carbons (Fsp3) is 0.368. The highest BCUT2D eigenvalue weighted by Crippen LogP contribution is 2.40. The first kappa shape index (κ1) is 16.0. The second-order valence-electron chi connectivity index (χ2n) is 7.14. The summed E-state index contributed by atoms with van der Waals surface area (Å²) in [5.41, 5.74) is 2.46. The minimum atomic E-state index is -0.0667. The molecule has 2 aliphatic heterocycles. The van der Waals surface area contributed by atoms with E-state index in [0.717, 1.165) is 36.0 Å². The van der Waals surface area contributed by atoms with Gasteiger partial charge in [-0.15, -0.1) is 0 Å². The van der Waals surface area contributed by atoms with E-state index in [9.17, 15) is 4.79 Å². The number of carbonyl (C=O) groups excluding carboxylic acids is 1. The van der Waals surface area contributed by atoms with Crippen molar-refractivity contribution >= 4 is 11.4 Å². The van der Waals surface area contributed by atoms with Crippen LogP contribution in [0.3, 0.4) is 0 Å². The first-order valence-corrected chi connectivity index (χ1v) is 9.09. The third-order valence-electron chi connectivity index (χ3n) is 5.53. The molecule has 8 heteroatoms. The summed E-state index contributed by atoms with van der Waals surface area (Å²) in [5.74, 6) is 0.526. The lowest BCUT2D eigenvalue weighted by atomic mass is 9.98. The molecule has 2 fully saturated rings. The lowest BCUT2D eigenvalue weighted by Crippen LogP contribution is -2.38. The second kappa shape index (κ2) is 5.94. The first-order chi connectivity index (χ1) is 13.1. The maximum atomic E-state index is 12.2. The summed E-state index contributed by atoms with van der Waals surface area (Å²) >= 11 is 0. The van der Waals surface area contributed by atoms with Crippen molar-refractivity contribution in [1.29, 1.82) is 0 Å². The molecule has 27 heavy (non-hydrogen) atoms. The van der Waals surface area contributed by atoms with Crippen LogP contribution >= 0.6 is 0 Å². The van der Waals surface area contributed by atoms with Gasteiger partial charge in [0, 0.05) is 31.3 Å². The molecule has 2 aliphatic rings. The number of nitrogens with zero attached hydrogens (tertiary/aromatic N) is 6. The van der Waals surface area contributed by atoms with Crippen LogP contribution in [0, 0.1) is 0 Å². The fourth-order valence-electron chi connectivity index (χ4n) is 4.33. The van der Waals surface area contributed by atoms with Gasteiger partial charge < -0.3 is 9.64 Å². The largest absolute Gasteiger partial charge is 0.471 e. The van der Waals surface area contributed by atoms with Gasteiger partial charge in [-0.05, 0) is 25.0 Å². The zero-order valence-electron chi connectivity index (χ0n) is 15.0. The number of aromatic nitrogens is 5. The van der Waals surface area contributed by atoms with Crippen LogP contribution in [0.1, 0.15) is 19.3 Å². The average Bonchev–Trinajstić information content (AvgIpc) is 3.43. The van der Waals surface area contributed by atoms with Gasteiger partial charge in [0.25, 0.3) is 0 Å². The summed E-state index contributed by atoms with van der Waals surface area (Å²) in [6.45, 7) is 3.63. The van der Waals surface area contributed by atoms with E-state index < -0.39 is 0 Å². The van der Waals surface area contributed by atoms with E-state index in [4.69, 9.17) is 9.72 Å². The van der Waals surface area contributed by atoms with Crippen LogP contribution < -0.4 is 4.74 Å². The molecule has 138 valence electrons. The number of carbonyl (C=O) groups is 1. The molecule has 3 aromatic heterocycles. The van der Waals surface area contributed by atoms with Gasteiger partial charge in [-0.3, -0.25) is 9.48 Å². The van der Waals surface area contributed by atoms with Gasteiger partial charge >= 0.3 is 0 Å². The monoisotopic (exact) mass is 364 g/mol. The molecule has 1 amide bonds. The zero-order chi connectivity index (χ0) is 18.5. The molecule has 0 aromatic carbocycles. The SMILES string of the molecule is C=CC(=O)N1C2CCC1[C@H](Oc1nc(-c3cnn(C)c3)cn3nccc13)C2. The molecule has 0 saturated carbocycles. The van der Waals surface area contributed by atoms with Crippen molar-refractivity contribution < 1.29 is 9.53 Å². The molecule has 0 spiro atoms. The van der Waals surface area contributed by atoms with Crippen molar-refractivity contribution in [3.63, 3.8) is 0 Å². The molecule has 3 atom stereocenters. The predicted octanol–water partition coefficient (Wildman–Crippen LogP) is 1.83. The lowest BCUT2D eigenvalue weighted by Gasteiger charge is -2.24. The van der Waals surface area contributed by atoms with Crippen LogP contribution in [0.25, 0.3) is 16.8 Å². The smallest absolute Gasteiger partial charge is 0.246 e. The van der Waals surface area contributed by atoms with E-state index in [1.54, 1.807) is 21.6 Å². The topological polar surface area (TPSA) is 77.6 Å². The zero-order valence-corrected chi connectivity index (χ0v) is 15.0. The van der Waals surface area contributed by atoms with Crippen LogP contribution in [0.2, 0.25) is 0 Å². The number of aryl methyl sites for hydroxylation is 1. The number of hydrogen-bond donors (Lipinski definition) is 0. The molecular weight excluding hydrogens is 344 g/mol. The molecule has 0 N–H and O–H groups in total. The maximum absolute atomic E-state index is 12.2. The number of hydrogen-bond acceptors (Lipinski definition) is 5. The Hall–Kier alpha value is -3.16. The molecule has 0 radical (unpaired) electrons. The van der Waals surface area contributed by atoms with Crippen molar-refractivity contribution in [2.75, 3.05) is 0 Å². The molecule has 2 saturated heterocycles. The van der Waals surface area contributed by atoms with Crippen molar-refractivity contribution in [2.24, 2.45) is 7.05 Å². The van der Waals surface area contributed by atoms with Crippen molar-refractivity contribution in [2.45, 2.75) is 37.5 Å². The first-order valence-electron chi connectivity index (χ1n) is 9.09. The minimum absolute atomic E-state index is 0.0137. The van der Waals surface area contributed by atoms with Crippen LogP contribution in [-0.4, -0.2) is 53.4 Å². The molecule has 3 aromatic rings. The third kappa shape index (κ3) is 2.51. The Labute approximate surface area is 156 Å². The van der Waals surface area contributed by atoms with Crippen LogP contribution in [0.5, 0.6) is 5.88 Å². The molecule has 2 unspecified atom stereocenters. The maximum Gasteiger partial charge on any atom is 0.246 e.